The van der Waals surface area contributed by atoms with Crippen molar-refractivity contribution in [1.29, 1.82) is 0 Å². The first-order valence-corrected chi connectivity index (χ1v) is 6.18. The Balaban J connectivity index is 2.10. The van der Waals surface area contributed by atoms with Gasteiger partial charge in [-0.05, 0) is 24.3 Å². The zero-order valence-electron chi connectivity index (χ0n) is 10.7. The maximum absolute atomic E-state index is 4.41. The van der Waals surface area contributed by atoms with Gasteiger partial charge in [-0.15, -0.1) is 6.58 Å². The number of benzene rings is 2. The largest absolute Gasteiger partial charge is 0.326 e. The number of aliphatic imine (C=N–C) groups is 1. The van der Waals surface area contributed by atoms with Crippen LogP contribution in [0.25, 0.3) is 0 Å². The molecule has 0 heterocycles. The van der Waals surface area contributed by atoms with Crippen molar-refractivity contribution in [2.24, 2.45) is 4.99 Å². The molecular formula is C16H17N3. The highest BCUT2D eigenvalue weighted by Crippen LogP contribution is 2.08. The molecule has 2 N–H and O–H groups in total. The van der Waals surface area contributed by atoms with Gasteiger partial charge in [0, 0.05) is 11.4 Å². The highest BCUT2D eigenvalue weighted by Gasteiger charge is 1.99. The third-order valence-corrected chi connectivity index (χ3v) is 2.45. The minimum absolute atomic E-state index is 0.564. The predicted octanol–water partition coefficient (Wildman–Crippen LogP) is 3.75. The third-order valence-electron chi connectivity index (χ3n) is 2.45. The predicted molar refractivity (Wildman–Crippen MR) is 82.6 cm³/mol. The molecule has 0 aliphatic rings. The number of guanidine groups is 1. The van der Waals surface area contributed by atoms with Crippen LogP contribution in [0, 0.1) is 0 Å². The van der Waals surface area contributed by atoms with Gasteiger partial charge in [0.2, 0.25) is 5.96 Å². The zero-order chi connectivity index (χ0) is 13.3. The van der Waals surface area contributed by atoms with Crippen molar-refractivity contribution in [3.63, 3.8) is 0 Å². The average Bonchev–Trinajstić information content (AvgIpc) is 2.47. The fraction of sp³-hybridized carbons (Fsp3) is 0.0625. The van der Waals surface area contributed by atoms with Gasteiger partial charge in [-0.1, -0.05) is 42.5 Å². The zero-order valence-corrected chi connectivity index (χ0v) is 10.7. The Morgan fingerprint density at radius 3 is 1.79 bits per heavy atom. The van der Waals surface area contributed by atoms with Crippen LogP contribution in [-0.2, 0) is 0 Å². The molecule has 2 rings (SSSR count). The van der Waals surface area contributed by atoms with E-state index in [1.54, 1.807) is 6.08 Å². The summed E-state index contributed by atoms with van der Waals surface area (Å²) in [6.45, 7) is 4.25. The number of nitrogens with one attached hydrogen (secondary N) is 2. The summed E-state index contributed by atoms with van der Waals surface area (Å²) in [5, 5.41) is 6.51. The van der Waals surface area contributed by atoms with Gasteiger partial charge in [0.05, 0.1) is 6.54 Å². The van der Waals surface area contributed by atoms with E-state index >= 15 is 0 Å². The SMILES string of the molecule is C=CCN=C(Nc1ccccc1)Nc1ccccc1. The highest BCUT2D eigenvalue weighted by molar-refractivity contribution is 6.03. The van der Waals surface area contributed by atoms with E-state index in [0.29, 0.717) is 12.5 Å². The Morgan fingerprint density at radius 2 is 1.37 bits per heavy atom. The molecule has 0 bridgehead atoms. The Labute approximate surface area is 113 Å². The van der Waals surface area contributed by atoms with E-state index in [0.717, 1.165) is 11.4 Å². The summed E-state index contributed by atoms with van der Waals surface area (Å²) < 4.78 is 0. The fourth-order valence-electron chi connectivity index (χ4n) is 1.58. The van der Waals surface area contributed by atoms with Crippen molar-refractivity contribution < 1.29 is 0 Å². The lowest BCUT2D eigenvalue weighted by atomic mass is 10.3. The topological polar surface area (TPSA) is 36.4 Å². The van der Waals surface area contributed by atoms with Gasteiger partial charge in [-0.3, -0.25) is 0 Å². The summed E-state index contributed by atoms with van der Waals surface area (Å²) in [5.41, 5.74) is 1.99. The van der Waals surface area contributed by atoms with Crippen LogP contribution in [0.15, 0.2) is 78.3 Å². The summed E-state index contributed by atoms with van der Waals surface area (Å²) >= 11 is 0. The van der Waals surface area contributed by atoms with Crippen LogP contribution >= 0.6 is 0 Å². The first-order chi connectivity index (χ1) is 9.38. The summed E-state index contributed by atoms with van der Waals surface area (Å²) in [5.74, 6) is 0.706. The number of hydrogen-bond donors (Lipinski definition) is 2. The lowest BCUT2D eigenvalue weighted by Crippen LogP contribution is -2.22. The normalized spacial score (nSPS) is 9.47. The molecule has 0 atom stereocenters. The molecule has 0 aliphatic carbocycles. The van der Waals surface area contributed by atoms with Crippen LogP contribution in [0.4, 0.5) is 11.4 Å². The molecule has 3 nitrogen and oxygen atoms in total. The van der Waals surface area contributed by atoms with Gasteiger partial charge >= 0.3 is 0 Å². The number of rotatable bonds is 4. The quantitative estimate of drug-likeness (QED) is 0.493. The molecule has 2 aromatic rings. The first kappa shape index (κ1) is 12.9. The van der Waals surface area contributed by atoms with Gasteiger partial charge < -0.3 is 10.6 Å². The van der Waals surface area contributed by atoms with Crippen molar-refractivity contribution in [3.8, 4) is 0 Å². The molecule has 19 heavy (non-hydrogen) atoms. The van der Waals surface area contributed by atoms with Gasteiger partial charge in [-0.2, -0.15) is 0 Å². The van der Waals surface area contributed by atoms with Crippen LogP contribution in [-0.4, -0.2) is 12.5 Å². The lowest BCUT2D eigenvalue weighted by Gasteiger charge is -2.12. The van der Waals surface area contributed by atoms with Gasteiger partial charge in [0.15, 0.2) is 0 Å². The van der Waals surface area contributed by atoms with Gasteiger partial charge in [-0.25, -0.2) is 4.99 Å². The number of anilines is 2. The molecule has 0 aromatic heterocycles. The Morgan fingerprint density at radius 1 is 0.895 bits per heavy atom. The second kappa shape index (κ2) is 7.01. The van der Waals surface area contributed by atoms with Crippen LogP contribution in [0.3, 0.4) is 0 Å². The highest BCUT2D eigenvalue weighted by atomic mass is 15.2. The summed E-state index contributed by atoms with van der Waals surface area (Å²) in [6.07, 6.45) is 1.76. The molecule has 0 aliphatic heterocycles. The smallest absolute Gasteiger partial charge is 0.200 e. The number of nitrogens with zero attached hydrogens (tertiary/aromatic N) is 1. The number of para-hydroxylation sites is 2. The first-order valence-electron chi connectivity index (χ1n) is 6.18. The summed E-state index contributed by atoms with van der Waals surface area (Å²) in [6, 6.07) is 19.9. The minimum atomic E-state index is 0.564. The molecule has 0 amide bonds. The van der Waals surface area contributed by atoms with Crippen LogP contribution < -0.4 is 10.6 Å². The van der Waals surface area contributed by atoms with E-state index in [-0.39, 0.29) is 0 Å². The maximum atomic E-state index is 4.41. The van der Waals surface area contributed by atoms with Crippen LogP contribution in [0.2, 0.25) is 0 Å². The second-order valence-corrected chi connectivity index (χ2v) is 3.96. The molecular weight excluding hydrogens is 234 g/mol. The van der Waals surface area contributed by atoms with Crippen molar-refractivity contribution in [1.82, 2.24) is 0 Å². The summed E-state index contributed by atoms with van der Waals surface area (Å²) in [4.78, 5) is 4.41. The molecule has 0 radical (unpaired) electrons. The van der Waals surface area contributed by atoms with Crippen molar-refractivity contribution >= 4 is 17.3 Å². The molecule has 3 heteroatoms. The maximum Gasteiger partial charge on any atom is 0.200 e. The Hall–Kier alpha value is -2.55. The molecule has 0 unspecified atom stereocenters. The van der Waals surface area contributed by atoms with Crippen molar-refractivity contribution in [2.45, 2.75) is 0 Å². The minimum Gasteiger partial charge on any atom is -0.326 e. The summed E-state index contributed by atoms with van der Waals surface area (Å²) in [7, 11) is 0. The van der Waals surface area contributed by atoms with E-state index in [4.69, 9.17) is 0 Å². The fourth-order valence-corrected chi connectivity index (χ4v) is 1.58. The molecule has 0 fully saturated rings. The number of hydrogen-bond acceptors (Lipinski definition) is 1. The Kier molecular flexibility index (Phi) is 4.76. The molecule has 0 spiro atoms. The second-order valence-electron chi connectivity index (χ2n) is 3.96. The van der Waals surface area contributed by atoms with Crippen molar-refractivity contribution in [3.05, 3.63) is 73.3 Å². The van der Waals surface area contributed by atoms with Gasteiger partial charge in [0.1, 0.15) is 0 Å². The molecule has 96 valence electrons. The van der Waals surface area contributed by atoms with Crippen LogP contribution in [0.5, 0.6) is 0 Å². The van der Waals surface area contributed by atoms with Crippen LogP contribution in [0.1, 0.15) is 0 Å². The molecule has 0 saturated carbocycles. The Bertz CT molecular complexity index is 489. The van der Waals surface area contributed by atoms with E-state index in [1.165, 1.54) is 0 Å². The van der Waals surface area contributed by atoms with E-state index in [9.17, 15) is 0 Å². The van der Waals surface area contributed by atoms with E-state index < -0.39 is 0 Å². The lowest BCUT2D eigenvalue weighted by molar-refractivity contribution is 1.23. The van der Waals surface area contributed by atoms with E-state index in [1.807, 2.05) is 60.7 Å². The molecule has 0 saturated heterocycles. The van der Waals surface area contributed by atoms with Gasteiger partial charge in [0.25, 0.3) is 0 Å². The average molecular weight is 251 g/mol. The molecule has 2 aromatic carbocycles. The van der Waals surface area contributed by atoms with Crippen molar-refractivity contribution in [2.75, 3.05) is 17.2 Å². The third kappa shape index (κ3) is 4.32. The standard InChI is InChI=1S/C16H17N3/c1-2-13-17-16(18-14-9-5-3-6-10-14)19-15-11-7-4-8-12-15/h2-12H,1,13H2,(H2,17,18,19). The van der Waals surface area contributed by atoms with E-state index in [2.05, 4.69) is 22.2 Å². The monoisotopic (exact) mass is 251 g/mol.